The van der Waals surface area contributed by atoms with Gasteiger partial charge >= 0.3 is 0 Å². The van der Waals surface area contributed by atoms with Crippen molar-refractivity contribution in [1.82, 2.24) is 14.2 Å². The van der Waals surface area contributed by atoms with E-state index in [0.717, 1.165) is 35.1 Å². The number of fused-ring (bicyclic) bond motifs is 1. The van der Waals surface area contributed by atoms with Crippen LogP contribution in [-0.4, -0.2) is 43.4 Å². The quantitative estimate of drug-likeness (QED) is 0.545. The summed E-state index contributed by atoms with van der Waals surface area (Å²) in [4.78, 5) is 12.7. The molecule has 0 bridgehead atoms. The molecule has 1 aliphatic heterocycles. The van der Waals surface area contributed by atoms with Crippen molar-refractivity contribution < 1.29 is 17.9 Å². The molecule has 0 aliphatic carbocycles. The molecule has 1 aromatic heterocycles. The van der Waals surface area contributed by atoms with Crippen LogP contribution in [0.3, 0.4) is 0 Å². The highest BCUT2D eigenvalue weighted by Crippen LogP contribution is 2.26. The number of amides is 1. The van der Waals surface area contributed by atoms with E-state index in [1.807, 2.05) is 47.2 Å². The second kappa shape index (κ2) is 9.97. The van der Waals surface area contributed by atoms with Crippen molar-refractivity contribution in [3.05, 3.63) is 60.3 Å². The second-order valence-corrected chi connectivity index (χ2v) is 10.6. The number of carbonyl (C=O) groups excluding carboxylic acids is 1. The van der Waals surface area contributed by atoms with Crippen molar-refractivity contribution in [2.45, 2.75) is 44.2 Å². The third-order valence-electron chi connectivity index (χ3n) is 6.37. The summed E-state index contributed by atoms with van der Waals surface area (Å²) in [6.45, 7) is 4.24. The fourth-order valence-corrected chi connectivity index (χ4v) is 5.77. The maximum atomic E-state index is 13.1. The summed E-state index contributed by atoms with van der Waals surface area (Å²) >= 11 is 0. The van der Waals surface area contributed by atoms with Gasteiger partial charge in [0, 0.05) is 55.3 Å². The van der Waals surface area contributed by atoms with Crippen LogP contribution in [-0.2, 0) is 27.9 Å². The Labute approximate surface area is 195 Å². The molecule has 3 aromatic rings. The van der Waals surface area contributed by atoms with Gasteiger partial charge in [0.15, 0.2) is 0 Å². The first kappa shape index (κ1) is 23.3. The summed E-state index contributed by atoms with van der Waals surface area (Å²) in [5, 5.41) is 3.79. The Balaban J connectivity index is 1.39. The topological polar surface area (TPSA) is 80.6 Å². The molecule has 2 aromatic carbocycles. The van der Waals surface area contributed by atoms with E-state index in [1.54, 1.807) is 23.5 Å². The number of nitrogens with one attached hydrogen (secondary N) is 1. The van der Waals surface area contributed by atoms with Crippen molar-refractivity contribution >= 4 is 26.8 Å². The van der Waals surface area contributed by atoms with Crippen LogP contribution in [0.5, 0.6) is 5.75 Å². The van der Waals surface area contributed by atoms with Gasteiger partial charge in [-0.05, 0) is 49.1 Å². The maximum absolute atomic E-state index is 13.1. The summed E-state index contributed by atoms with van der Waals surface area (Å²) in [6, 6.07) is 14.7. The molecule has 0 radical (unpaired) electrons. The zero-order chi connectivity index (χ0) is 23.4. The van der Waals surface area contributed by atoms with E-state index in [-0.39, 0.29) is 5.91 Å². The number of methoxy groups -OCH3 is 1. The smallest absolute Gasteiger partial charge is 0.243 e. The Hall–Kier alpha value is -2.84. The highest BCUT2D eigenvalue weighted by Gasteiger charge is 2.28. The van der Waals surface area contributed by atoms with Gasteiger partial charge in [0.1, 0.15) is 5.75 Å². The van der Waals surface area contributed by atoms with Crippen molar-refractivity contribution in [3.63, 3.8) is 0 Å². The first-order chi connectivity index (χ1) is 15.9. The second-order valence-electron chi connectivity index (χ2n) is 8.65. The molecule has 33 heavy (non-hydrogen) atoms. The molecule has 0 spiro atoms. The minimum atomic E-state index is -3.48. The standard InChI is InChI=1S/C25H31N3O4S/c1-19-9-15-28(16-10-19)33(30,31)22-7-8-23-20(17-22)11-13-27(23)14-12-25(29)26-18-21-5-3-4-6-24(21)32-2/h3-8,11,13,17,19H,9-10,12,14-16,18H2,1-2H3,(H,26,29). The Kier molecular flexibility index (Phi) is 7.05. The molecule has 1 aliphatic rings. The maximum Gasteiger partial charge on any atom is 0.243 e. The minimum Gasteiger partial charge on any atom is -0.496 e. The van der Waals surface area contributed by atoms with Crippen molar-refractivity contribution in [1.29, 1.82) is 0 Å². The van der Waals surface area contributed by atoms with Crippen LogP contribution in [0.25, 0.3) is 10.9 Å². The van der Waals surface area contributed by atoms with Crippen molar-refractivity contribution in [2.75, 3.05) is 20.2 Å². The van der Waals surface area contributed by atoms with Crippen LogP contribution in [0, 0.1) is 5.92 Å². The predicted octanol–water partition coefficient (Wildman–Crippen LogP) is 3.78. The number of nitrogens with zero attached hydrogens (tertiary/aromatic N) is 2. The number of piperidine rings is 1. The number of sulfonamides is 1. The molecule has 8 heteroatoms. The van der Waals surface area contributed by atoms with Gasteiger partial charge in [-0.2, -0.15) is 4.31 Å². The molecule has 1 N–H and O–H groups in total. The molecule has 7 nitrogen and oxygen atoms in total. The molecule has 1 fully saturated rings. The van der Waals surface area contributed by atoms with Gasteiger partial charge in [-0.25, -0.2) is 8.42 Å². The number of hydrogen-bond acceptors (Lipinski definition) is 4. The van der Waals surface area contributed by atoms with Gasteiger partial charge in [-0.3, -0.25) is 4.79 Å². The van der Waals surface area contributed by atoms with E-state index >= 15 is 0 Å². The summed E-state index contributed by atoms with van der Waals surface area (Å²) in [6.07, 6.45) is 4.02. The molecule has 0 unspecified atom stereocenters. The van der Waals surface area contributed by atoms with E-state index in [4.69, 9.17) is 4.74 Å². The van der Waals surface area contributed by atoms with E-state index in [0.29, 0.717) is 43.4 Å². The van der Waals surface area contributed by atoms with Crippen LogP contribution in [0.4, 0.5) is 0 Å². The molecule has 1 amide bonds. The molecule has 4 rings (SSSR count). The lowest BCUT2D eigenvalue weighted by atomic mass is 10.0. The fraction of sp³-hybridized carbons (Fsp3) is 0.400. The van der Waals surface area contributed by atoms with Gasteiger partial charge in [0.25, 0.3) is 0 Å². The van der Waals surface area contributed by atoms with Crippen LogP contribution in [0.2, 0.25) is 0 Å². The van der Waals surface area contributed by atoms with Gasteiger partial charge < -0.3 is 14.6 Å². The van der Waals surface area contributed by atoms with Gasteiger partial charge in [0.05, 0.1) is 12.0 Å². The summed E-state index contributed by atoms with van der Waals surface area (Å²) < 4.78 is 35.0. The number of aryl methyl sites for hydroxylation is 1. The highest BCUT2D eigenvalue weighted by atomic mass is 32.2. The highest BCUT2D eigenvalue weighted by molar-refractivity contribution is 7.89. The lowest BCUT2D eigenvalue weighted by molar-refractivity contribution is -0.121. The normalized spacial score (nSPS) is 15.6. The Morgan fingerprint density at radius 3 is 2.64 bits per heavy atom. The Morgan fingerprint density at radius 1 is 1.12 bits per heavy atom. The minimum absolute atomic E-state index is 0.0544. The predicted molar refractivity (Wildman–Crippen MR) is 129 cm³/mol. The number of ether oxygens (including phenoxy) is 1. The van der Waals surface area contributed by atoms with Crippen molar-refractivity contribution in [3.8, 4) is 5.75 Å². The average Bonchev–Trinajstić information content (AvgIpc) is 3.24. The van der Waals surface area contributed by atoms with E-state index in [1.165, 1.54) is 0 Å². The van der Waals surface area contributed by atoms with Crippen molar-refractivity contribution in [2.24, 2.45) is 5.92 Å². The van der Waals surface area contributed by atoms with E-state index in [9.17, 15) is 13.2 Å². The van der Waals surface area contributed by atoms with Crippen LogP contribution >= 0.6 is 0 Å². The fourth-order valence-electron chi connectivity index (χ4n) is 4.26. The number of hydrogen-bond donors (Lipinski definition) is 1. The first-order valence-corrected chi connectivity index (χ1v) is 12.8. The molecule has 1 saturated heterocycles. The summed E-state index contributed by atoms with van der Waals surface area (Å²) in [5.74, 6) is 1.26. The van der Waals surface area contributed by atoms with E-state index in [2.05, 4.69) is 12.2 Å². The van der Waals surface area contributed by atoms with Gasteiger partial charge in [-0.1, -0.05) is 25.1 Å². The number of aromatic nitrogens is 1. The molecular formula is C25H31N3O4S. The molecule has 2 heterocycles. The SMILES string of the molecule is COc1ccccc1CNC(=O)CCn1ccc2cc(S(=O)(=O)N3CCC(C)CC3)ccc21. The Morgan fingerprint density at radius 2 is 1.88 bits per heavy atom. The zero-order valence-corrected chi connectivity index (χ0v) is 20.0. The zero-order valence-electron chi connectivity index (χ0n) is 19.2. The number of benzene rings is 2. The third kappa shape index (κ3) is 5.23. The largest absolute Gasteiger partial charge is 0.496 e. The summed E-state index contributed by atoms with van der Waals surface area (Å²) in [7, 11) is -1.87. The van der Waals surface area contributed by atoms with Crippen LogP contribution in [0.1, 0.15) is 31.7 Å². The Bertz CT molecular complexity index is 1230. The first-order valence-electron chi connectivity index (χ1n) is 11.4. The third-order valence-corrected chi connectivity index (χ3v) is 8.27. The average molecular weight is 470 g/mol. The number of carbonyl (C=O) groups is 1. The lowest BCUT2D eigenvalue weighted by Gasteiger charge is -2.29. The van der Waals surface area contributed by atoms with Gasteiger partial charge in [-0.15, -0.1) is 0 Å². The number of rotatable bonds is 8. The van der Waals surface area contributed by atoms with Crippen LogP contribution in [0.15, 0.2) is 59.6 Å². The molecule has 0 saturated carbocycles. The molecule has 176 valence electrons. The molecular weight excluding hydrogens is 438 g/mol. The van der Waals surface area contributed by atoms with E-state index < -0.39 is 10.0 Å². The number of para-hydroxylation sites is 1. The van der Waals surface area contributed by atoms with Crippen LogP contribution < -0.4 is 10.1 Å². The summed E-state index contributed by atoms with van der Waals surface area (Å²) in [5.41, 5.74) is 1.84. The lowest BCUT2D eigenvalue weighted by Crippen LogP contribution is -2.37. The monoisotopic (exact) mass is 469 g/mol. The molecule has 0 atom stereocenters. The van der Waals surface area contributed by atoms with Gasteiger partial charge in [0.2, 0.25) is 15.9 Å².